The molecule has 0 saturated carbocycles. The van der Waals surface area contributed by atoms with Crippen LogP contribution in [0.5, 0.6) is 0 Å². The van der Waals surface area contributed by atoms with E-state index in [1.807, 2.05) is 36.6 Å². The van der Waals surface area contributed by atoms with Crippen LogP contribution in [0.4, 0.5) is 0 Å². The number of benzene rings is 1. The number of thiophene rings is 1. The zero-order valence-corrected chi connectivity index (χ0v) is 9.43. The van der Waals surface area contributed by atoms with Crippen LogP contribution in [0.2, 0.25) is 0 Å². The van der Waals surface area contributed by atoms with Gasteiger partial charge in [-0.3, -0.25) is 4.79 Å². The van der Waals surface area contributed by atoms with Crippen LogP contribution in [0.15, 0.2) is 29.6 Å². The summed E-state index contributed by atoms with van der Waals surface area (Å²) in [5, 5.41) is 6.24. The van der Waals surface area contributed by atoms with Gasteiger partial charge < -0.3 is 5.32 Å². The van der Waals surface area contributed by atoms with E-state index in [0.29, 0.717) is 6.54 Å². The van der Waals surface area contributed by atoms with Crippen molar-refractivity contribution in [3.05, 3.63) is 35.2 Å². The number of hydrogen-bond acceptors (Lipinski definition) is 3. The van der Waals surface area contributed by atoms with Crippen molar-refractivity contribution in [2.24, 2.45) is 0 Å². The Morgan fingerprint density at radius 2 is 2.27 bits per heavy atom. The standard InChI is InChI=1S/C12H13NOS/c1-2-13-8-11(14)10-5-3-4-9-6-7-15-12(9)10/h3-7,13H,2,8H2,1H3. The highest BCUT2D eigenvalue weighted by molar-refractivity contribution is 7.17. The van der Waals surface area contributed by atoms with E-state index in [1.54, 1.807) is 11.3 Å². The van der Waals surface area contributed by atoms with Crippen molar-refractivity contribution in [3.8, 4) is 0 Å². The number of nitrogens with one attached hydrogen (secondary N) is 1. The van der Waals surface area contributed by atoms with Gasteiger partial charge in [0.1, 0.15) is 0 Å². The molecule has 3 heteroatoms. The molecule has 1 aromatic heterocycles. The summed E-state index contributed by atoms with van der Waals surface area (Å²) in [6, 6.07) is 7.92. The minimum absolute atomic E-state index is 0.171. The van der Waals surface area contributed by atoms with E-state index >= 15 is 0 Å². The maximum absolute atomic E-state index is 11.9. The Morgan fingerprint density at radius 3 is 3.07 bits per heavy atom. The van der Waals surface area contributed by atoms with Gasteiger partial charge in [0, 0.05) is 10.3 Å². The van der Waals surface area contributed by atoms with Gasteiger partial charge in [-0.05, 0) is 29.4 Å². The average Bonchev–Trinajstić information content (AvgIpc) is 2.73. The molecule has 2 rings (SSSR count). The summed E-state index contributed by atoms with van der Waals surface area (Å²) in [6.45, 7) is 3.25. The number of fused-ring (bicyclic) bond motifs is 1. The zero-order chi connectivity index (χ0) is 10.7. The molecule has 0 radical (unpaired) electrons. The summed E-state index contributed by atoms with van der Waals surface area (Å²) >= 11 is 1.63. The average molecular weight is 219 g/mol. The SMILES string of the molecule is CCNCC(=O)c1cccc2ccsc12. The van der Waals surface area contributed by atoms with Gasteiger partial charge in [0.25, 0.3) is 0 Å². The second-order valence-electron chi connectivity index (χ2n) is 3.35. The van der Waals surface area contributed by atoms with Crippen LogP contribution in [0, 0.1) is 0 Å². The van der Waals surface area contributed by atoms with Gasteiger partial charge in [0.05, 0.1) is 6.54 Å². The first-order valence-corrected chi connectivity index (χ1v) is 5.91. The molecule has 0 unspecified atom stereocenters. The molecule has 2 aromatic rings. The van der Waals surface area contributed by atoms with Gasteiger partial charge >= 0.3 is 0 Å². The number of carbonyl (C=O) groups is 1. The van der Waals surface area contributed by atoms with Gasteiger partial charge in [-0.1, -0.05) is 19.1 Å². The molecular weight excluding hydrogens is 206 g/mol. The summed E-state index contributed by atoms with van der Waals surface area (Å²) in [6.07, 6.45) is 0. The molecule has 2 nitrogen and oxygen atoms in total. The van der Waals surface area contributed by atoms with E-state index in [4.69, 9.17) is 0 Å². The highest BCUT2D eigenvalue weighted by atomic mass is 32.1. The van der Waals surface area contributed by atoms with Gasteiger partial charge in [0.15, 0.2) is 5.78 Å². The van der Waals surface area contributed by atoms with Crippen molar-refractivity contribution in [1.82, 2.24) is 5.32 Å². The molecule has 0 aliphatic carbocycles. The van der Waals surface area contributed by atoms with E-state index < -0.39 is 0 Å². The highest BCUT2D eigenvalue weighted by Crippen LogP contribution is 2.24. The summed E-state index contributed by atoms with van der Waals surface area (Å²) < 4.78 is 1.10. The van der Waals surface area contributed by atoms with Crippen LogP contribution in [-0.4, -0.2) is 18.9 Å². The molecule has 78 valence electrons. The third kappa shape index (κ3) is 2.08. The van der Waals surface area contributed by atoms with Gasteiger partial charge in [-0.25, -0.2) is 0 Å². The van der Waals surface area contributed by atoms with Crippen molar-refractivity contribution >= 4 is 27.2 Å². The van der Waals surface area contributed by atoms with Crippen molar-refractivity contribution in [2.75, 3.05) is 13.1 Å². The molecule has 1 heterocycles. The predicted octanol–water partition coefficient (Wildman–Crippen LogP) is 2.69. The Morgan fingerprint density at radius 1 is 1.40 bits per heavy atom. The van der Waals surface area contributed by atoms with Crippen LogP contribution >= 0.6 is 11.3 Å². The molecule has 0 atom stereocenters. The molecule has 1 aromatic carbocycles. The van der Waals surface area contributed by atoms with E-state index in [-0.39, 0.29) is 5.78 Å². The molecule has 0 saturated heterocycles. The fourth-order valence-electron chi connectivity index (χ4n) is 1.55. The Bertz CT molecular complexity index is 475. The van der Waals surface area contributed by atoms with Crippen molar-refractivity contribution in [2.45, 2.75) is 6.92 Å². The molecular formula is C12H13NOS. The minimum Gasteiger partial charge on any atom is -0.310 e. The predicted molar refractivity (Wildman–Crippen MR) is 64.7 cm³/mol. The van der Waals surface area contributed by atoms with Gasteiger partial charge in [-0.2, -0.15) is 0 Å². The number of rotatable bonds is 4. The fourth-order valence-corrected chi connectivity index (χ4v) is 2.48. The zero-order valence-electron chi connectivity index (χ0n) is 8.62. The van der Waals surface area contributed by atoms with E-state index in [2.05, 4.69) is 5.32 Å². The topological polar surface area (TPSA) is 29.1 Å². The Labute approximate surface area is 92.9 Å². The summed E-state index contributed by atoms with van der Waals surface area (Å²) in [4.78, 5) is 11.9. The molecule has 0 aliphatic rings. The second kappa shape index (κ2) is 4.55. The van der Waals surface area contributed by atoms with Crippen LogP contribution in [-0.2, 0) is 0 Å². The highest BCUT2D eigenvalue weighted by Gasteiger charge is 2.09. The monoisotopic (exact) mass is 219 g/mol. The minimum atomic E-state index is 0.171. The van der Waals surface area contributed by atoms with Crippen molar-refractivity contribution in [1.29, 1.82) is 0 Å². The van der Waals surface area contributed by atoms with Crippen molar-refractivity contribution in [3.63, 3.8) is 0 Å². The van der Waals surface area contributed by atoms with E-state index in [1.165, 1.54) is 0 Å². The first-order chi connectivity index (χ1) is 7.33. The number of likely N-dealkylation sites (N-methyl/N-ethyl adjacent to an activating group) is 1. The molecule has 15 heavy (non-hydrogen) atoms. The molecule has 1 N–H and O–H groups in total. The van der Waals surface area contributed by atoms with Crippen LogP contribution in [0.3, 0.4) is 0 Å². The molecule has 0 fully saturated rings. The van der Waals surface area contributed by atoms with E-state index in [0.717, 1.165) is 22.2 Å². The fraction of sp³-hybridized carbons (Fsp3) is 0.250. The lowest BCUT2D eigenvalue weighted by molar-refractivity contribution is 0.0993. The quantitative estimate of drug-likeness (QED) is 0.801. The van der Waals surface area contributed by atoms with Crippen molar-refractivity contribution < 1.29 is 4.79 Å². The maximum atomic E-state index is 11.9. The van der Waals surface area contributed by atoms with Gasteiger partial charge in [-0.15, -0.1) is 11.3 Å². The largest absolute Gasteiger partial charge is 0.310 e. The third-order valence-corrected chi connectivity index (χ3v) is 3.28. The normalized spacial score (nSPS) is 10.7. The maximum Gasteiger partial charge on any atom is 0.178 e. The molecule has 0 aliphatic heterocycles. The second-order valence-corrected chi connectivity index (χ2v) is 4.26. The van der Waals surface area contributed by atoms with Gasteiger partial charge in [0.2, 0.25) is 0 Å². The Balaban J connectivity index is 2.34. The summed E-state index contributed by atoms with van der Waals surface area (Å²) in [5.74, 6) is 0.171. The number of Topliss-reactive ketones (excluding diaryl/α,β-unsaturated/α-hetero) is 1. The molecule has 0 bridgehead atoms. The molecule has 0 spiro atoms. The lowest BCUT2D eigenvalue weighted by Gasteiger charge is -2.02. The smallest absolute Gasteiger partial charge is 0.178 e. The number of ketones is 1. The lowest BCUT2D eigenvalue weighted by Crippen LogP contribution is -2.22. The lowest BCUT2D eigenvalue weighted by atomic mass is 10.1. The molecule has 0 amide bonds. The Kier molecular flexibility index (Phi) is 3.14. The first-order valence-electron chi connectivity index (χ1n) is 5.03. The Hall–Kier alpha value is -1.19. The third-order valence-electron chi connectivity index (χ3n) is 2.31. The number of carbonyl (C=O) groups excluding carboxylic acids is 1. The van der Waals surface area contributed by atoms with Crippen LogP contribution < -0.4 is 5.32 Å². The van der Waals surface area contributed by atoms with E-state index in [9.17, 15) is 4.79 Å². The number of hydrogen-bond donors (Lipinski definition) is 1. The summed E-state index contributed by atoms with van der Waals surface area (Å²) in [7, 11) is 0. The first kappa shape index (κ1) is 10.3. The summed E-state index contributed by atoms with van der Waals surface area (Å²) in [5.41, 5.74) is 0.837. The van der Waals surface area contributed by atoms with Crippen LogP contribution in [0.1, 0.15) is 17.3 Å². The van der Waals surface area contributed by atoms with Crippen LogP contribution in [0.25, 0.3) is 10.1 Å².